The predicted octanol–water partition coefficient (Wildman–Crippen LogP) is 3.47. The molecule has 4 nitrogen and oxygen atoms in total. The fourth-order valence-corrected chi connectivity index (χ4v) is 3.68. The number of para-hydroxylation sites is 1. The van der Waals surface area contributed by atoms with E-state index >= 15 is 0 Å². The van der Waals surface area contributed by atoms with Gasteiger partial charge < -0.3 is 9.80 Å². The van der Waals surface area contributed by atoms with Gasteiger partial charge in [0.25, 0.3) is 0 Å². The molecule has 0 N–H and O–H groups in total. The first-order valence-electron chi connectivity index (χ1n) is 8.20. The number of hydrogen-bond donors (Lipinski definition) is 0. The number of hydrogen-bond acceptors (Lipinski definition) is 4. The van der Waals surface area contributed by atoms with Crippen molar-refractivity contribution in [1.82, 2.24) is 9.97 Å². The molecule has 1 unspecified atom stereocenters. The van der Waals surface area contributed by atoms with Crippen LogP contribution < -0.4 is 9.80 Å². The Balaban J connectivity index is 1.76. The van der Waals surface area contributed by atoms with E-state index in [0.717, 1.165) is 37.0 Å². The Morgan fingerprint density at radius 1 is 1.05 bits per heavy atom. The molecule has 1 aromatic heterocycles. The van der Waals surface area contributed by atoms with Gasteiger partial charge in [-0.2, -0.15) is 0 Å². The molecule has 0 amide bonds. The number of benzene rings is 1. The number of aromatic nitrogens is 2. The molecule has 1 atom stereocenters. The number of aryl methyl sites for hydroxylation is 1. The van der Waals surface area contributed by atoms with Crippen molar-refractivity contribution >= 4 is 17.3 Å². The minimum atomic E-state index is 0.443. The minimum Gasteiger partial charge on any atom is -0.356 e. The van der Waals surface area contributed by atoms with Gasteiger partial charge in [0.15, 0.2) is 0 Å². The van der Waals surface area contributed by atoms with Crippen molar-refractivity contribution < 1.29 is 0 Å². The van der Waals surface area contributed by atoms with Crippen LogP contribution >= 0.6 is 0 Å². The molecule has 2 aliphatic rings. The SMILES string of the molecule is Cc1nc(N2CCCC2)cc(N2c3ccccc3CC2C)n1. The molecule has 4 rings (SSSR count). The summed E-state index contributed by atoms with van der Waals surface area (Å²) < 4.78 is 0. The van der Waals surface area contributed by atoms with Gasteiger partial charge in [0.1, 0.15) is 17.5 Å². The van der Waals surface area contributed by atoms with Gasteiger partial charge in [-0.25, -0.2) is 9.97 Å². The third-order valence-corrected chi connectivity index (χ3v) is 4.70. The largest absolute Gasteiger partial charge is 0.356 e. The maximum absolute atomic E-state index is 4.72. The summed E-state index contributed by atoms with van der Waals surface area (Å²) in [6.07, 6.45) is 3.61. The second-order valence-corrected chi connectivity index (χ2v) is 6.38. The molecule has 0 spiro atoms. The van der Waals surface area contributed by atoms with Crippen LogP contribution in [0.15, 0.2) is 30.3 Å². The van der Waals surface area contributed by atoms with Crippen LogP contribution in [0.1, 0.15) is 31.2 Å². The standard InChI is InChI=1S/C18H22N4/c1-13-11-15-7-3-4-8-16(15)22(13)18-12-17(19-14(2)20-18)21-9-5-6-10-21/h3-4,7-8,12-13H,5-6,9-11H2,1-2H3. The fourth-order valence-electron chi connectivity index (χ4n) is 3.68. The zero-order chi connectivity index (χ0) is 15.1. The maximum Gasteiger partial charge on any atom is 0.139 e. The van der Waals surface area contributed by atoms with E-state index in [0.29, 0.717) is 6.04 Å². The van der Waals surface area contributed by atoms with Crippen LogP contribution in [0.5, 0.6) is 0 Å². The van der Waals surface area contributed by atoms with Gasteiger partial charge in [-0.15, -0.1) is 0 Å². The summed E-state index contributed by atoms with van der Waals surface area (Å²) in [6, 6.07) is 11.3. The van der Waals surface area contributed by atoms with E-state index in [1.165, 1.54) is 24.1 Å². The molecule has 0 aliphatic carbocycles. The highest BCUT2D eigenvalue weighted by Gasteiger charge is 2.28. The molecule has 0 saturated carbocycles. The van der Waals surface area contributed by atoms with Crippen molar-refractivity contribution in [1.29, 1.82) is 0 Å². The lowest BCUT2D eigenvalue weighted by atomic mass is 10.1. The van der Waals surface area contributed by atoms with Crippen LogP contribution in [0.3, 0.4) is 0 Å². The molecule has 114 valence electrons. The minimum absolute atomic E-state index is 0.443. The van der Waals surface area contributed by atoms with Crippen molar-refractivity contribution in [3.63, 3.8) is 0 Å². The van der Waals surface area contributed by atoms with E-state index in [4.69, 9.17) is 4.98 Å². The van der Waals surface area contributed by atoms with E-state index in [9.17, 15) is 0 Å². The van der Waals surface area contributed by atoms with Crippen molar-refractivity contribution in [3.05, 3.63) is 41.7 Å². The lowest BCUT2D eigenvalue weighted by Gasteiger charge is -2.26. The van der Waals surface area contributed by atoms with Crippen LogP contribution in [-0.4, -0.2) is 29.1 Å². The number of anilines is 3. The molecule has 0 radical (unpaired) electrons. The zero-order valence-corrected chi connectivity index (χ0v) is 13.3. The summed E-state index contributed by atoms with van der Waals surface area (Å²) in [4.78, 5) is 14.1. The van der Waals surface area contributed by atoms with Crippen LogP contribution in [0, 0.1) is 6.92 Å². The lowest BCUT2D eigenvalue weighted by Crippen LogP contribution is -2.26. The lowest BCUT2D eigenvalue weighted by molar-refractivity contribution is 0.745. The Labute approximate surface area is 131 Å². The number of rotatable bonds is 2. The van der Waals surface area contributed by atoms with Crippen molar-refractivity contribution in [2.75, 3.05) is 22.9 Å². The molecule has 3 heterocycles. The van der Waals surface area contributed by atoms with Gasteiger partial charge in [-0.05, 0) is 44.7 Å². The Hall–Kier alpha value is -2.10. The Kier molecular flexibility index (Phi) is 3.25. The topological polar surface area (TPSA) is 32.3 Å². The normalized spacial score (nSPS) is 20.5. The smallest absolute Gasteiger partial charge is 0.139 e. The Morgan fingerprint density at radius 3 is 2.59 bits per heavy atom. The second-order valence-electron chi connectivity index (χ2n) is 6.38. The van der Waals surface area contributed by atoms with Crippen LogP contribution in [0.4, 0.5) is 17.3 Å². The van der Waals surface area contributed by atoms with Gasteiger partial charge in [0.2, 0.25) is 0 Å². The molecule has 4 heteroatoms. The van der Waals surface area contributed by atoms with Gasteiger partial charge in [0, 0.05) is 30.9 Å². The third-order valence-electron chi connectivity index (χ3n) is 4.70. The van der Waals surface area contributed by atoms with Crippen LogP contribution in [0.2, 0.25) is 0 Å². The predicted molar refractivity (Wildman–Crippen MR) is 90.0 cm³/mol. The summed E-state index contributed by atoms with van der Waals surface area (Å²) in [6.45, 7) is 6.49. The second kappa shape index (κ2) is 5.27. The van der Waals surface area contributed by atoms with Crippen LogP contribution in [-0.2, 0) is 6.42 Å². The summed E-state index contributed by atoms with van der Waals surface area (Å²) in [5.74, 6) is 2.97. The van der Waals surface area contributed by atoms with E-state index < -0.39 is 0 Å². The summed E-state index contributed by atoms with van der Waals surface area (Å²) >= 11 is 0. The van der Waals surface area contributed by atoms with Crippen molar-refractivity contribution in [2.45, 2.75) is 39.2 Å². The molecular weight excluding hydrogens is 272 g/mol. The quantitative estimate of drug-likeness (QED) is 0.849. The maximum atomic E-state index is 4.72. The third kappa shape index (κ3) is 2.23. The van der Waals surface area contributed by atoms with Gasteiger partial charge in [-0.3, -0.25) is 0 Å². The van der Waals surface area contributed by atoms with Crippen molar-refractivity contribution in [2.24, 2.45) is 0 Å². The summed E-state index contributed by atoms with van der Waals surface area (Å²) in [5.41, 5.74) is 2.70. The fraction of sp³-hybridized carbons (Fsp3) is 0.444. The Morgan fingerprint density at radius 2 is 1.77 bits per heavy atom. The van der Waals surface area contributed by atoms with Gasteiger partial charge >= 0.3 is 0 Å². The highest BCUT2D eigenvalue weighted by atomic mass is 15.3. The first kappa shape index (κ1) is 13.6. The van der Waals surface area contributed by atoms with E-state index in [1.807, 2.05) is 6.92 Å². The highest BCUT2D eigenvalue weighted by molar-refractivity contribution is 5.70. The molecule has 1 fully saturated rings. The van der Waals surface area contributed by atoms with Gasteiger partial charge in [-0.1, -0.05) is 18.2 Å². The van der Waals surface area contributed by atoms with E-state index in [2.05, 4.69) is 52.0 Å². The van der Waals surface area contributed by atoms with Crippen LogP contribution in [0.25, 0.3) is 0 Å². The Bertz CT molecular complexity index is 691. The molecule has 2 aromatic rings. The van der Waals surface area contributed by atoms with E-state index in [-0.39, 0.29) is 0 Å². The zero-order valence-electron chi connectivity index (χ0n) is 13.3. The molecule has 0 bridgehead atoms. The average Bonchev–Trinajstić information content (AvgIpc) is 3.13. The number of nitrogens with zero attached hydrogens (tertiary/aromatic N) is 4. The molecule has 22 heavy (non-hydrogen) atoms. The summed E-state index contributed by atoms with van der Waals surface area (Å²) in [5, 5.41) is 0. The van der Waals surface area contributed by atoms with Gasteiger partial charge in [0.05, 0.1) is 0 Å². The average molecular weight is 294 g/mol. The molecule has 1 saturated heterocycles. The van der Waals surface area contributed by atoms with E-state index in [1.54, 1.807) is 0 Å². The molecule has 1 aromatic carbocycles. The monoisotopic (exact) mass is 294 g/mol. The summed E-state index contributed by atoms with van der Waals surface area (Å²) in [7, 11) is 0. The number of fused-ring (bicyclic) bond motifs is 1. The molecular formula is C18H22N4. The first-order valence-corrected chi connectivity index (χ1v) is 8.20. The van der Waals surface area contributed by atoms with Crippen molar-refractivity contribution in [3.8, 4) is 0 Å². The highest BCUT2D eigenvalue weighted by Crippen LogP contribution is 2.38. The molecule has 2 aliphatic heterocycles. The first-order chi connectivity index (χ1) is 10.7.